The summed E-state index contributed by atoms with van der Waals surface area (Å²) in [7, 11) is -4.38. The van der Waals surface area contributed by atoms with Crippen LogP contribution < -0.4 is 0 Å². The van der Waals surface area contributed by atoms with Crippen LogP contribution in [-0.2, 0) is 16.0 Å². The number of aryl methyl sites for hydroxylation is 1. The molecule has 0 aliphatic heterocycles. The Morgan fingerprint density at radius 2 is 1.69 bits per heavy atom. The lowest BCUT2D eigenvalue weighted by molar-refractivity contribution is -0.144. The maximum Gasteiger partial charge on any atom is 0.434 e. The third-order valence-corrected chi connectivity index (χ3v) is 2.68. The van der Waals surface area contributed by atoms with Crippen LogP contribution in [0.25, 0.3) is 0 Å². The number of hydrogen-bond donors (Lipinski definition) is 0. The minimum absolute atomic E-state index is 0.458. The number of alkyl halides is 3. The molecule has 1 aromatic rings. The molecule has 9 heteroatoms. The summed E-state index contributed by atoms with van der Waals surface area (Å²) in [4.78, 5) is 4.35. The Morgan fingerprint density at radius 1 is 1.19 bits per heavy atom. The molecular formula is C7H6F4N2O2S. The van der Waals surface area contributed by atoms with E-state index in [0.29, 0.717) is 6.26 Å². The molecule has 1 rings (SSSR count). The molecule has 0 fully saturated rings. The van der Waals surface area contributed by atoms with Gasteiger partial charge in [0.15, 0.2) is 20.4 Å². The van der Waals surface area contributed by atoms with Crippen molar-refractivity contribution in [2.75, 3.05) is 6.26 Å². The van der Waals surface area contributed by atoms with Gasteiger partial charge in [-0.15, -0.1) is 0 Å². The van der Waals surface area contributed by atoms with Gasteiger partial charge in [0, 0.05) is 6.26 Å². The highest BCUT2D eigenvalue weighted by Crippen LogP contribution is 2.33. The standard InChI is InChI=1S/C7H6F4N2O2S/c1-3-12-5(7(9,10)11)4(6(8)13-3)16(2,14)15/h1-2H3. The molecule has 1 aromatic heterocycles. The van der Waals surface area contributed by atoms with E-state index < -0.39 is 38.4 Å². The molecule has 16 heavy (non-hydrogen) atoms. The first-order chi connectivity index (χ1) is 7.03. The van der Waals surface area contributed by atoms with Gasteiger partial charge in [0.2, 0.25) is 5.95 Å². The molecule has 0 bridgehead atoms. The van der Waals surface area contributed by atoms with Crippen molar-refractivity contribution in [3.05, 3.63) is 17.5 Å². The van der Waals surface area contributed by atoms with Crippen molar-refractivity contribution in [2.24, 2.45) is 0 Å². The first-order valence-electron chi connectivity index (χ1n) is 3.85. The summed E-state index contributed by atoms with van der Waals surface area (Å²) in [6.45, 7) is 1.03. The molecule has 0 aliphatic rings. The summed E-state index contributed by atoms with van der Waals surface area (Å²) in [6.07, 6.45) is -4.59. The van der Waals surface area contributed by atoms with Crippen molar-refractivity contribution in [1.82, 2.24) is 9.97 Å². The molecule has 0 aliphatic carbocycles. The number of aromatic nitrogens is 2. The summed E-state index contributed by atoms with van der Waals surface area (Å²) in [5.74, 6) is -2.18. The van der Waals surface area contributed by atoms with Gasteiger partial charge in [-0.1, -0.05) is 0 Å². The van der Waals surface area contributed by atoms with Gasteiger partial charge < -0.3 is 0 Å². The van der Waals surface area contributed by atoms with Gasteiger partial charge in [-0.2, -0.15) is 17.6 Å². The Morgan fingerprint density at radius 3 is 2.06 bits per heavy atom. The lowest BCUT2D eigenvalue weighted by atomic mass is 10.4. The van der Waals surface area contributed by atoms with E-state index >= 15 is 0 Å². The Bertz CT molecular complexity index is 524. The molecule has 0 aromatic carbocycles. The highest BCUT2D eigenvalue weighted by Gasteiger charge is 2.40. The lowest BCUT2D eigenvalue weighted by Gasteiger charge is -2.11. The average Bonchev–Trinajstić information content (AvgIpc) is 1.97. The van der Waals surface area contributed by atoms with E-state index in [1.807, 2.05) is 0 Å². The number of rotatable bonds is 1. The highest BCUT2D eigenvalue weighted by atomic mass is 32.2. The van der Waals surface area contributed by atoms with E-state index in [9.17, 15) is 26.0 Å². The van der Waals surface area contributed by atoms with Crippen LogP contribution in [0, 0.1) is 12.9 Å². The Labute approximate surface area is 88.3 Å². The van der Waals surface area contributed by atoms with Gasteiger partial charge in [0.25, 0.3) is 0 Å². The van der Waals surface area contributed by atoms with E-state index in [1.54, 1.807) is 0 Å². The van der Waals surface area contributed by atoms with Crippen molar-refractivity contribution in [3.63, 3.8) is 0 Å². The van der Waals surface area contributed by atoms with Crippen LogP contribution >= 0.6 is 0 Å². The van der Waals surface area contributed by atoms with E-state index in [-0.39, 0.29) is 0 Å². The molecule has 1 heterocycles. The van der Waals surface area contributed by atoms with Crippen LogP contribution in [0.15, 0.2) is 4.90 Å². The summed E-state index contributed by atoms with van der Waals surface area (Å²) in [5.41, 5.74) is -1.78. The monoisotopic (exact) mass is 258 g/mol. The minimum Gasteiger partial charge on any atom is -0.227 e. The number of sulfone groups is 1. The Kier molecular flexibility index (Phi) is 2.92. The summed E-state index contributed by atoms with van der Waals surface area (Å²) < 4.78 is 72.4. The zero-order chi connectivity index (χ0) is 12.7. The van der Waals surface area contributed by atoms with Gasteiger partial charge in [0.05, 0.1) is 0 Å². The van der Waals surface area contributed by atoms with Crippen molar-refractivity contribution >= 4 is 9.84 Å². The third-order valence-electron chi connectivity index (χ3n) is 1.58. The van der Waals surface area contributed by atoms with Gasteiger partial charge in [-0.05, 0) is 6.92 Å². The summed E-state index contributed by atoms with van der Waals surface area (Å²) >= 11 is 0. The zero-order valence-corrected chi connectivity index (χ0v) is 8.95. The first-order valence-corrected chi connectivity index (χ1v) is 5.74. The van der Waals surface area contributed by atoms with Crippen molar-refractivity contribution in [1.29, 1.82) is 0 Å². The van der Waals surface area contributed by atoms with Crippen molar-refractivity contribution in [2.45, 2.75) is 18.0 Å². The van der Waals surface area contributed by atoms with E-state index in [2.05, 4.69) is 9.97 Å². The van der Waals surface area contributed by atoms with Gasteiger partial charge in [-0.25, -0.2) is 18.4 Å². The van der Waals surface area contributed by atoms with Crippen molar-refractivity contribution in [3.8, 4) is 0 Å². The first kappa shape index (κ1) is 12.8. The largest absolute Gasteiger partial charge is 0.434 e. The van der Waals surface area contributed by atoms with Crippen LogP contribution in [0.3, 0.4) is 0 Å². The van der Waals surface area contributed by atoms with Crippen molar-refractivity contribution < 1.29 is 26.0 Å². The van der Waals surface area contributed by atoms with Crippen LogP contribution in [0.5, 0.6) is 0 Å². The van der Waals surface area contributed by atoms with E-state index in [4.69, 9.17) is 0 Å². The average molecular weight is 258 g/mol. The molecule has 0 saturated heterocycles. The molecule has 0 spiro atoms. The SMILES string of the molecule is Cc1nc(F)c(S(C)(=O)=O)c(C(F)(F)F)n1. The van der Waals surface area contributed by atoms with Gasteiger partial charge >= 0.3 is 6.18 Å². The van der Waals surface area contributed by atoms with Gasteiger partial charge in [-0.3, -0.25) is 0 Å². The predicted octanol–water partition coefficient (Wildman–Crippen LogP) is 1.35. The second kappa shape index (κ2) is 3.65. The number of hydrogen-bond acceptors (Lipinski definition) is 4. The molecule has 0 radical (unpaired) electrons. The van der Waals surface area contributed by atoms with Crippen LogP contribution in [0.4, 0.5) is 17.6 Å². The topological polar surface area (TPSA) is 59.9 Å². The third kappa shape index (κ3) is 2.46. The Hall–Kier alpha value is -1.25. The minimum atomic E-state index is -5.05. The number of halogens is 4. The van der Waals surface area contributed by atoms with Gasteiger partial charge in [0.1, 0.15) is 5.82 Å². The molecule has 0 saturated carbocycles. The van der Waals surface area contributed by atoms with E-state index in [1.165, 1.54) is 0 Å². The van der Waals surface area contributed by atoms with Crippen LogP contribution in [-0.4, -0.2) is 24.6 Å². The van der Waals surface area contributed by atoms with E-state index in [0.717, 1.165) is 6.92 Å². The highest BCUT2D eigenvalue weighted by molar-refractivity contribution is 7.90. The smallest absolute Gasteiger partial charge is 0.227 e. The Balaban J connectivity index is 3.72. The normalized spacial score (nSPS) is 12.9. The van der Waals surface area contributed by atoms with Crippen LogP contribution in [0.2, 0.25) is 0 Å². The molecule has 0 atom stereocenters. The molecule has 90 valence electrons. The predicted molar refractivity (Wildman–Crippen MR) is 44.8 cm³/mol. The molecule has 0 unspecified atom stereocenters. The molecule has 4 nitrogen and oxygen atoms in total. The molecule has 0 N–H and O–H groups in total. The number of nitrogens with zero attached hydrogens (tertiary/aromatic N) is 2. The maximum absolute atomic E-state index is 13.1. The molecule has 0 amide bonds. The van der Waals surface area contributed by atoms with Crippen LogP contribution in [0.1, 0.15) is 11.5 Å². The quantitative estimate of drug-likeness (QED) is 0.563. The zero-order valence-electron chi connectivity index (χ0n) is 8.13. The fourth-order valence-corrected chi connectivity index (χ4v) is 1.91. The molecular weight excluding hydrogens is 252 g/mol. The lowest BCUT2D eigenvalue weighted by Crippen LogP contribution is -2.19. The second-order valence-corrected chi connectivity index (χ2v) is 4.96. The maximum atomic E-state index is 13.1. The summed E-state index contributed by atoms with van der Waals surface area (Å²) in [6, 6.07) is 0. The second-order valence-electron chi connectivity index (χ2n) is 3.01. The fraction of sp³-hybridized carbons (Fsp3) is 0.429. The summed E-state index contributed by atoms with van der Waals surface area (Å²) in [5, 5.41) is 0. The fourth-order valence-electron chi connectivity index (χ4n) is 1.05.